The lowest BCUT2D eigenvalue weighted by Gasteiger charge is -2.13. The van der Waals surface area contributed by atoms with E-state index in [0.29, 0.717) is 17.3 Å². The van der Waals surface area contributed by atoms with Gasteiger partial charge in [-0.25, -0.2) is 4.79 Å². The molecule has 1 aromatic carbocycles. The monoisotopic (exact) mass is 516 g/mol. The van der Waals surface area contributed by atoms with Crippen molar-refractivity contribution in [2.45, 2.75) is 32.6 Å². The van der Waals surface area contributed by atoms with E-state index in [4.69, 9.17) is 17.0 Å². The summed E-state index contributed by atoms with van der Waals surface area (Å²) in [6.45, 7) is 2.18. The number of carbonyl (C=O) groups is 1. The molecule has 0 unspecified atom stereocenters. The Hall–Kier alpha value is -0.960. The van der Waals surface area contributed by atoms with E-state index in [2.05, 4.69) is 42.5 Å². The van der Waals surface area contributed by atoms with Gasteiger partial charge in [0.25, 0.3) is 0 Å². The fraction of sp³-hybridized carbons (Fsp3) is 0.333. The summed E-state index contributed by atoms with van der Waals surface area (Å²) in [6.07, 6.45) is 4.18. The van der Waals surface area contributed by atoms with E-state index in [1.54, 1.807) is 11.3 Å². The highest BCUT2D eigenvalue weighted by Gasteiger charge is 2.26. The molecule has 1 aliphatic carbocycles. The SMILES string of the molecule is CCOC(=O)c1c(NC(=S)Nc2ccc(Br)cc2Br)sc2c1CCCC2. The summed E-state index contributed by atoms with van der Waals surface area (Å²) in [4.78, 5) is 13.8. The number of ether oxygens (including phenoxy) is 1. The Morgan fingerprint density at radius 2 is 2.04 bits per heavy atom. The second kappa shape index (κ2) is 8.82. The number of rotatable bonds is 4. The van der Waals surface area contributed by atoms with Gasteiger partial charge in [-0.1, -0.05) is 15.9 Å². The van der Waals surface area contributed by atoms with Crippen LogP contribution in [-0.2, 0) is 17.6 Å². The van der Waals surface area contributed by atoms with Crippen LogP contribution in [0.2, 0.25) is 0 Å². The van der Waals surface area contributed by atoms with Crippen molar-refractivity contribution in [3.8, 4) is 0 Å². The molecule has 138 valence electrons. The third kappa shape index (κ3) is 4.47. The van der Waals surface area contributed by atoms with Crippen molar-refractivity contribution in [3.05, 3.63) is 43.1 Å². The lowest BCUT2D eigenvalue weighted by atomic mass is 9.95. The number of halogens is 2. The first-order chi connectivity index (χ1) is 12.5. The topological polar surface area (TPSA) is 50.4 Å². The molecule has 0 spiro atoms. The quantitative estimate of drug-likeness (QED) is 0.377. The van der Waals surface area contributed by atoms with Gasteiger partial charge < -0.3 is 15.4 Å². The molecule has 2 aromatic rings. The van der Waals surface area contributed by atoms with Gasteiger partial charge in [-0.15, -0.1) is 11.3 Å². The number of anilines is 2. The summed E-state index contributed by atoms with van der Waals surface area (Å²) in [5, 5.41) is 7.58. The molecule has 26 heavy (non-hydrogen) atoms. The Balaban J connectivity index is 1.83. The lowest BCUT2D eigenvalue weighted by Crippen LogP contribution is -2.20. The third-order valence-corrected chi connectivity index (χ3v) is 6.62. The number of nitrogens with one attached hydrogen (secondary N) is 2. The van der Waals surface area contributed by atoms with E-state index in [1.165, 1.54) is 4.88 Å². The van der Waals surface area contributed by atoms with Crippen LogP contribution in [0, 0.1) is 0 Å². The minimum absolute atomic E-state index is 0.276. The average molecular weight is 518 g/mol. The second-order valence-electron chi connectivity index (χ2n) is 5.84. The van der Waals surface area contributed by atoms with Crippen LogP contribution in [0.3, 0.4) is 0 Å². The first kappa shape index (κ1) is 19.8. The number of hydrogen-bond donors (Lipinski definition) is 2. The molecule has 4 nitrogen and oxygen atoms in total. The van der Waals surface area contributed by atoms with Gasteiger partial charge in [0.2, 0.25) is 0 Å². The normalized spacial score (nSPS) is 13.0. The predicted molar refractivity (Wildman–Crippen MR) is 119 cm³/mol. The number of hydrogen-bond acceptors (Lipinski definition) is 4. The van der Waals surface area contributed by atoms with E-state index in [0.717, 1.165) is 50.9 Å². The summed E-state index contributed by atoms with van der Waals surface area (Å²) in [5.74, 6) is -0.276. The maximum atomic E-state index is 12.5. The largest absolute Gasteiger partial charge is 0.462 e. The number of fused-ring (bicyclic) bond motifs is 1. The van der Waals surface area contributed by atoms with Crippen LogP contribution in [0.15, 0.2) is 27.1 Å². The molecule has 2 N–H and O–H groups in total. The Morgan fingerprint density at radius 1 is 1.27 bits per heavy atom. The standard InChI is InChI=1S/C18H18Br2N2O2S2/c1-2-24-17(23)15-11-5-3-4-6-14(11)26-16(15)22-18(25)21-13-8-7-10(19)9-12(13)20/h7-9H,2-6H2,1H3,(H2,21,22,25). The fourth-order valence-electron chi connectivity index (χ4n) is 2.92. The number of aryl methyl sites for hydroxylation is 1. The van der Waals surface area contributed by atoms with E-state index < -0.39 is 0 Å². The number of benzene rings is 1. The first-order valence-electron chi connectivity index (χ1n) is 8.34. The number of esters is 1. The molecular formula is C18H18Br2N2O2S2. The van der Waals surface area contributed by atoms with Gasteiger partial charge in [-0.05, 0) is 84.5 Å². The van der Waals surface area contributed by atoms with E-state index in [1.807, 2.05) is 25.1 Å². The van der Waals surface area contributed by atoms with Crippen LogP contribution >= 0.6 is 55.4 Å². The molecular weight excluding hydrogens is 500 g/mol. The molecule has 8 heteroatoms. The fourth-order valence-corrected chi connectivity index (χ4v) is 5.63. The average Bonchev–Trinajstić information content (AvgIpc) is 2.95. The van der Waals surface area contributed by atoms with E-state index >= 15 is 0 Å². The molecule has 1 aromatic heterocycles. The molecule has 0 saturated carbocycles. The molecule has 0 atom stereocenters. The van der Waals surface area contributed by atoms with Gasteiger partial charge in [-0.2, -0.15) is 0 Å². The van der Waals surface area contributed by atoms with Gasteiger partial charge in [0.15, 0.2) is 5.11 Å². The van der Waals surface area contributed by atoms with Crippen LogP contribution in [0.5, 0.6) is 0 Å². The van der Waals surface area contributed by atoms with Gasteiger partial charge in [-0.3, -0.25) is 0 Å². The minimum atomic E-state index is -0.276. The Kier molecular flexibility index (Phi) is 6.71. The van der Waals surface area contributed by atoms with Crippen molar-refractivity contribution in [3.63, 3.8) is 0 Å². The van der Waals surface area contributed by atoms with Crippen molar-refractivity contribution in [1.82, 2.24) is 0 Å². The summed E-state index contributed by atoms with van der Waals surface area (Å²) in [5.41, 5.74) is 2.62. The van der Waals surface area contributed by atoms with Gasteiger partial charge in [0.05, 0.1) is 17.9 Å². The Morgan fingerprint density at radius 3 is 2.77 bits per heavy atom. The predicted octanol–water partition coefficient (Wildman–Crippen LogP) is 6.14. The first-order valence-corrected chi connectivity index (χ1v) is 11.2. The Bertz CT molecular complexity index is 852. The van der Waals surface area contributed by atoms with Crippen LogP contribution in [0.1, 0.15) is 40.6 Å². The van der Waals surface area contributed by atoms with Gasteiger partial charge >= 0.3 is 5.97 Å². The van der Waals surface area contributed by atoms with E-state index in [9.17, 15) is 4.79 Å². The van der Waals surface area contributed by atoms with Crippen LogP contribution < -0.4 is 10.6 Å². The number of thiocarbonyl (C=S) groups is 1. The van der Waals surface area contributed by atoms with Crippen molar-refractivity contribution in [1.29, 1.82) is 0 Å². The summed E-state index contributed by atoms with van der Waals surface area (Å²) in [7, 11) is 0. The van der Waals surface area contributed by atoms with Gasteiger partial charge in [0.1, 0.15) is 5.00 Å². The molecule has 1 aliphatic rings. The molecule has 0 fully saturated rings. The molecule has 1 heterocycles. The zero-order valence-electron chi connectivity index (χ0n) is 14.2. The van der Waals surface area contributed by atoms with Crippen molar-refractivity contribution >= 4 is 77.2 Å². The maximum absolute atomic E-state index is 12.5. The number of thiophene rings is 1. The highest BCUT2D eigenvalue weighted by Crippen LogP contribution is 2.38. The number of carbonyl (C=O) groups excluding carboxylic acids is 1. The molecule has 0 amide bonds. The lowest BCUT2D eigenvalue weighted by molar-refractivity contribution is 0.0526. The maximum Gasteiger partial charge on any atom is 0.341 e. The molecule has 3 rings (SSSR count). The molecule has 0 saturated heterocycles. The van der Waals surface area contributed by atoms with Crippen molar-refractivity contribution in [2.24, 2.45) is 0 Å². The smallest absolute Gasteiger partial charge is 0.341 e. The van der Waals surface area contributed by atoms with Crippen LogP contribution in [0.4, 0.5) is 10.7 Å². The van der Waals surface area contributed by atoms with Crippen molar-refractivity contribution < 1.29 is 9.53 Å². The summed E-state index contributed by atoms with van der Waals surface area (Å²) < 4.78 is 7.15. The highest BCUT2D eigenvalue weighted by molar-refractivity contribution is 9.11. The minimum Gasteiger partial charge on any atom is -0.462 e. The third-order valence-electron chi connectivity index (χ3n) is 4.06. The zero-order valence-corrected chi connectivity index (χ0v) is 19.0. The highest BCUT2D eigenvalue weighted by atomic mass is 79.9. The summed E-state index contributed by atoms with van der Waals surface area (Å²) in [6, 6.07) is 5.80. The molecule has 0 radical (unpaired) electrons. The van der Waals surface area contributed by atoms with Crippen LogP contribution in [-0.4, -0.2) is 17.7 Å². The van der Waals surface area contributed by atoms with E-state index in [-0.39, 0.29) is 5.97 Å². The summed E-state index contributed by atoms with van der Waals surface area (Å²) >= 11 is 14.0. The second-order valence-corrected chi connectivity index (χ2v) is 9.12. The molecule has 0 aliphatic heterocycles. The zero-order chi connectivity index (χ0) is 18.7. The van der Waals surface area contributed by atoms with Crippen LogP contribution in [0.25, 0.3) is 0 Å². The molecule has 0 bridgehead atoms. The van der Waals surface area contributed by atoms with Gasteiger partial charge in [0, 0.05) is 13.8 Å². The Labute approximate surface area is 179 Å². The van der Waals surface area contributed by atoms with Crippen molar-refractivity contribution in [2.75, 3.05) is 17.2 Å².